The fourth-order valence-electron chi connectivity index (χ4n) is 1.95. The predicted molar refractivity (Wildman–Crippen MR) is 83.3 cm³/mol. The van der Waals surface area contributed by atoms with Gasteiger partial charge < -0.3 is 10.6 Å². The molecule has 1 rings (SSSR count). The first kappa shape index (κ1) is 15.6. The largest absolute Gasteiger partial charge is 0.393 e. The van der Waals surface area contributed by atoms with Crippen LogP contribution in [-0.2, 0) is 11.2 Å². The molecule has 0 saturated carbocycles. The highest BCUT2D eigenvalue weighted by Gasteiger charge is 2.17. The maximum absolute atomic E-state index is 12.2. The maximum Gasteiger partial charge on any atom is 0.226 e. The second-order valence-corrected chi connectivity index (χ2v) is 5.66. The highest BCUT2D eigenvalue weighted by molar-refractivity contribution is 7.80. The first-order valence-electron chi connectivity index (χ1n) is 6.41. The van der Waals surface area contributed by atoms with Gasteiger partial charge in [0.2, 0.25) is 5.91 Å². The minimum atomic E-state index is 0.0371. The van der Waals surface area contributed by atoms with Gasteiger partial charge in [0.25, 0.3) is 0 Å². The van der Waals surface area contributed by atoms with E-state index in [-0.39, 0.29) is 11.9 Å². The molecule has 0 bridgehead atoms. The minimum Gasteiger partial charge on any atom is -0.393 e. The van der Waals surface area contributed by atoms with Crippen molar-refractivity contribution in [2.45, 2.75) is 39.7 Å². The molecule has 1 unspecified atom stereocenters. The summed E-state index contributed by atoms with van der Waals surface area (Å²) in [5.74, 6) is 0.0949. The Labute approximate surface area is 120 Å². The lowest BCUT2D eigenvalue weighted by molar-refractivity contribution is -0.130. The van der Waals surface area contributed by atoms with Crippen LogP contribution < -0.4 is 5.73 Å². The highest BCUT2D eigenvalue weighted by atomic mass is 32.1. The zero-order chi connectivity index (χ0) is 14.6. The van der Waals surface area contributed by atoms with Crippen LogP contribution in [0.5, 0.6) is 0 Å². The van der Waals surface area contributed by atoms with Crippen LogP contribution in [0.25, 0.3) is 0 Å². The quantitative estimate of drug-likeness (QED) is 0.841. The lowest BCUT2D eigenvalue weighted by Gasteiger charge is -2.25. The van der Waals surface area contributed by atoms with E-state index in [9.17, 15) is 4.79 Å². The summed E-state index contributed by atoms with van der Waals surface area (Å²) in [7, 11) is 1.80. The summed E-state index contributed by atoms with van der Waals surface area (Å²) in [6, 6.07) is 6.22. The fourth-order valence-corrected chi connectivity index (χ4v) is 2.19. The van der Waals surface area contributed by atoms with Crippen LogP contribution in [0.3, 0.4) is 0 Å². The van der Waals surface area contributed by atoms with Crippen LogP contribution >= 0.6 is 12.2 Å². The number of benzene rings is 1. The fraction of sp³-hybridized carbons (Fsp3) is 0.467. The SMILES string of the molecule is Cc1ccc(C)c(CC(=O)N(C)C(C)CC(N)=S)c1. The molecule has 104 valence electrons. The summed E-state index contributed by atoms with van der Waals surface area (Å²) in [5.41, 5.74) is 8.92. The van der Waals surface area contributed by atoms with Crippen molar-refractivity contribution in [2.24, 2.45) is 5.73 Å². The standard InChI is InChI=1S/C15H22N2OS/c1-10-5-6-11(2)13(7-10)9-15(18)17(4)12(3)8-14(16)19/h5-7,12H,8-9H2,1-4H3,(H2,16,19). The Kier molecular flexibility index (Phi) is 5.48. The van der Waals surface area contributed by atoms with Gasteiger partial charge in [-0.05, 0) is 31.9 Å². The molecule has 0 heterocycles. The lowest BCUT2D eigenvalue weighted by atomic mass is 10.0. The van der Waals surface area contributed by atoms with Crippen LogP contribution in [0, 0.1) is 13.8 Å². The number of rotatable bonds is 5. The van der Waals surface area contributed by atoms with Gasteiger partial charge in [0.15, 0.2) is 0 Å². The van der Waals surface area contributed by atoms with Gasteiger partial charge in [-0.25, -0.2) is 0 Å². The van der Waals surface area contributed by atoms with Crippen molar-refractivity contribution in [2.75, 3.05) is 7.05 Å². The minimum absolute atomic E-state index is 0.0371. The number of aryl methyl sites for hydroxylation is 2. The molecule has 1 amide bonds. The van der Waals surface area contributed by atoms with Gasteiger partial charge in [0, 0.05) is 19.5 Å². The van der Waals surface area contributed by atoms with E-state index in [1.54, 1.807) is 11.9 Å². The third-order valence-corrected chi connectivity index (χ3v) is 3.56. The van der Waals surface area contributed by atoms with Crippen LogP contribution in [0.15, 0.2) is 18.2 Å². The molecule has 0 spiro atoms. The molecule has 2 N–H and O–H groups in total. The number of carbonyl (C=O) groups excluding carboxylic acids is 1. The summed E-state index contributed by atoms with van der Waals surface area (Å²) >= 11 is 4.88. The predicted octanol–water partition coefficient (Wildman–Crippen LogP) is 2.37. The van der Waals surface area contributed by atoms with Crippen molar-refractivity contribution in [3.8, 4) is 0 Å². The van der Waals surface area contributed by atoms with Crippen molar-refractivity contribution in [3.05, 3.63) is 34.9 Å². The number of likely N-dealkylation sites (N-methyl/N-ethyl adjacent to an activating group) is 1. The first-order chi connectivity index (χ1) is 8.81. The summed E-state index contributed by atoms with van der Waals surface area (Å²) in [6.45, 7) is 6.02. The number of nitrogens with zero attached hydrogens (tertiary/aromatic N) is 1. The van der Waals surface area contributed by atoms with Gasteiger partial charge in [0.1, 0.15) is 0 Å². The molecule has 0 saturated heterocycles. The number of amides is 1. The van der Waals surface area contributed by atoms with E-state index in [4.69, 9.17) is 18.0 Å². The van der Waals surface area contributed by atoms with Crippen molar-refractivity contribution >= 4 is 23.1 Å². The number of thiocarbonyl (C=S) groups is 1. The monoisotopic (exact) mass is 278 g/mol. The summed E-state index contributed by atoms with van der Waals surface area (Å²) < 4.78 is 0. The average Bonchev–Trinajstić information content (AvgIpc) is 2.31. The highest BCUT2D eigenvalue weighted by Crippen LogP contribution is 2.13. The Morgan fingerprint density at radius 3 is 2.63 bits per heavy atom. The Morgan fingerprint density at radius 2 is 2.05 bits per heavy atom. The molecule has 0 aromatic heterocycles. The third kappa shape index (κ3) is 4.63. The van der Waals surface area contributed by atoms with Crippen LogP contribution in [0.4, 0.5) is 0 Å². The topological polar surface area (TPSA) is 46.3 Å². The number of carbonyl (C=O) groups is 1. The Hall–Kier alpha value is -1.42. The Morgan fingerprint density at radius 1 is 1.42 bits per heavy atom. The van der Waals surface area contributed by atoms with E-state index in [0.29, 0.717) is 17.8 Å². The first-order valence-corrected chi connectivity index (χ1v) is 6.82. The van der Waals surface area contributed by atoms with E-state index in [0.717, 1.165) is 11.1 Å². The van der Waals surface area contributed by atoms with E-state index in [1.165, 1.54) is 5.56 Å². The number of hydrogen-bond acceptors (Lipinski definition) is 2. The summed E-state index contributed by atoms with van der Waals surface area (Å²) in [6.07, 6.45) is 0.982. The van der Waals surface area contributed by atoms with Crippen molar-refractivity contribution < 1.29 is 4.79 Å². The summed E-state index contributed by atoms with van der Waals surface area (Å²) in [4.78, 5) is 14.4. The lowest BCUT2D eigenvalue weighted by Crippen LogP contribution is -2.38. The third-order valence-electron chi connectivity index (χ3n) is 3.40. The molecule has 1 aromatic rings. The second-order valence-electron chi connectivity index (χ2n) is 5.13. The van der Waals surface area contributed by atoms with E-state index in [1.807, 2.05) is 20.8 Å². The Bertz CT molecular complexity index is 485. The molecule has 0 aliphatic heterocycles. The smallest absolute Gasteiger partial charge is 0.226 e. The molecule has 0 aliphatic rings. The molecule has 0 radical (unpaired) electrons. The molecule has 19 heavy (non-hydrogen) atoms. The molecular formula is C15H22N2OS. The maximum atomic E-state index is 12.2. The van der Waals surface area contributed by atoms with Gasteiger partial charge in [-0.1, -0.05) is 36.0 Å². The van der Waals surface area contributed by atoms with Gasteiger partial charge >= 0.3 is 0 Å². The zero-order valence-corrected chi connectivity index (χ0v) is 12.9. The molecule has 0 fully saturated rings. The van der Waals surface area contributed by atoms with Crippen LogP contribution in [-0.4, -0.2) is 28.9 Å². The van der Waals surface area contributed by atoms with Crippen molar-refractivity contribution in [1.82, 2.24) is 4.90 Å². The molecule has 1 atom stereocenters. The molecule has 4 heteroatoms. The van der Waals surface area contributed by atoms with E-state index >= 15 is 0 Å². The average molecular weight is 278 g/mol. The zero-order valence-electron chi connectivity index (χ0n) is 12.1. The molecule has 1 aromatic carbocycles. The van der Waals surface area contributed by atoms with E-state index in [2.05, 4.69) is 18.2 Å². The second kappa shape index (κ2) is 6.66. The normalized spacial score (nSPS) is 12.0. The molecular weight excluding hydrogens is 256 g/mol. The summed E-state index contributed by atoms with van der Waals surface area (Å²) in [5, 5.41) is 0. The number of nitrogens with two attached hydrogens (primary N) is 1. The van der Waals surface area contributed by atoms with Crippen LogP contribution in [0.1, 0.15) is 30.0 Å². The van der Waals surface area contributed by atoms with E-state index < -0.39 is 0 Å². The number of hydrogen-bond donors (Lipinski definition) is 1. The van der Waals surface area contributed by atoms with Crippen LogP contribution in [0.2, 0.25) is 0 Å². The van der Waals surface area contributed by atoms with Gasteiger partial charge in [-0.15, -0.1) is 0 Å². The van der Waals surface area contributed by atoms with Crippen molar-refractivity contribution in [1.29, 1.82) is 0 Å². The van der Waals surface area contributed by atoms with Gasteiger partial charge in [-0.3, -0.25) is 4.79 Å². The molecule has 3 nitrogen and oxygen atoms in total. The molecule has 0 aliphatic carbocycles. The van der Waals surface area contributed by atoms with Crippen molar-refractivity contribution in [3.63, 3.8) is 0 Å². The van der Waals surface area contributed by atoms with Gasteiger partial charge in [0.05, 0.1) is 11.4 Å². The Balaban J connectivity index is 2.73. The van der Waals surface area contributed by atoms with Gasteiger partial charge in [-0.2, -0.15) is 0 Å².